The number of likely N-dealkylation sites (N-methyl/N-ethyl adjacent to an activating group) is 1. The highest BCUT2D eigenvalue weighted by molar-refractivity contribution is 6.07. The van der Waals surface area contributed by atoms with Crippen LogP contribution in [0.4, 0.5) is 5.69 Å². The molecule has 1 aromatic heterocycles. The highest BCUT2D eigenvalue weighted by atomic mass is 16.3. The first-order valence-electron chi connectivity index (χ1n) is 6.12. The first-order chi connectivity index (χ1) is 9.00. The van der Waals surface area contributed by atoms with E-state index in [0.29, 0.717) is 12.1 Å². The number of anilines is 1. The number of hydrogen-bond acceptors (Lipinski definition) is 4. The largest absolute Gasteiger partial charge is 0.392 e. The summed E-state index contributed by atoms with van der Waals surface area (Å²) in [5, 5.41) is 18.1. The van der Waals surface area contributed by atoms with Crippen molar-refractivity contribution in [3.8, 4) is 0 Å². The molecule has 2 rings (SSSR count). The Kier molecular flexibility index (Phi) is 3.66. The summed E-state index contributed by atoms with van der Waals surface area (Å²) >= 11 is 0. The molecular formula is C14H18N4O. The van der Waals surface area contributed by atoms with E-state index in [0.717, 1.165) is 16.6 Å². The van der Waals surface area contributed by atoms with Crippen LogP contribution >= 0.6 is 0 Å². The average Bonchev–Trinajstić information content (AvgIpc) is 2.36. The number of nitrogen functional groups attached to an aromatic ring is 1. The highest BCUT2D eigenvalue weighted by Crippen LogP contribution is 2.28. The Bertz CT molecular complexity index is 609. The van der Waals surface area contributed by atoms with E-state index in [4.69, 9.17) is 11.1 Å². The van der Waals surface area contributed by atoms with Crippen LogP contribution in [0.1, 0.15) is 12.5 Å². The molecule has 0 aliphatic carbocycles. The van der Waals surface area contributed by atoms with Crippen LogP contribution in [-0.4, -0.2) is 35.6 Å². The second-order valence-electron chi connectivity index (χ2n) is 4.68. The summed E-state index contributed by atoms with van der Waals surface area (Å²) in [5.74, 6) is -0.0225. The Morgan fingerprint density at radius 1 is 1.47 bits per heavy atom. The van der Waals surface area contributed by atoms with Crippen LogP contribution in [0.2, 0.25) is 0 Å². The van der Waals surface area contributed by atoms with Crippen molar-refractivity contribution in [2.24, 2.45) is 5.73 Å². The van der Waals surface area contributed by atoms with Gasteiger partial charge in [0.2, 0.25) is 0 Å². The number of hydrogen-bond donors (Lipinski definition) is 3. The van der Waals surface area contributed by atoms with E-state index < -0.39 is 6.10 Å². The van der Waals surface area contributed by atoms with Crippen molar-refractivity contribution in [2.75, 3.05) is 18.5 Å². The summed E-state index contributed by atoms with van der Waals surface area (Å²) in [4.78, 5) is 6.22. The Morgan fingerprint density at radius 3 is 2.79 bits per heavy atom. The normalized spacial score (nSPS) is 12.4. The molecule has 100 valence electrons. The fourth-order valence-corrected chi connectivity index (χ4v) is 2.22. The lowest BCUT2D eigenvalue weighted by molar-refractivity contribution is 0.201. The van der Waals surface area contributed by atoms with Crippen molar-refractivity contribution >= 4 is 22.4 Å². The lowest BCUT2D eigenvalue weighted by Crippen LogP contribution is -2.29. The average molecular weight is 258 g/mol. The number of amidine groups is 1. The highest BCUT2D eigenvalue weighted by Gasteiger charge is 2.15. The fourth-order valence-electron chi connectivity index (χ4n) is 2.22. The van der Waals surface area contributed by atoms with E-state index in [-0.39, 0.29) is 5.84 Å². The summed E-state index contributed by atoms with van der Waals surface area (Å²) in [6, 6.07) is 7.70. The van der Waals surface area contributed by atoms with Gasteiger partial charge in [0.1, 0.15) is 5.84 Å². The molecule has 19 heavy (non-hydrogen) atoms. The molecule has 0 amide bonds. The number of fused-ring (bicyclic) bond motifs is 1. The monoisotopic (exact) mass is 258 g/mol. The molecular weight excluding hydrogens is 240 g/mol. The van der Waals surface area contributed by atoms with Gasteiger partial charge in [0.15, 0.2) is 0 Å². The van der Waals surface area contributed by atoms with E-state index in [1.807, 2.05) is 36.2 Å². The molecule has 4 N–H and O–H groups in total. The lowest BCUT2D eigenvalue weighted by Gasteiger charge is -2.24. The van der Waals surface area contributed by atoms with Crippen LogP contribution in [0.15, 0.2) is 30.5 Å². The van der Waals surface area contributed by atoms with Crippen molar-refractivity contribution in [1.82, 2.24) is 4.98 Å². The number of aliphatic hydroxyl groups is 1. The Labute approximate surface area is 112 Å². The van der Waals surface area contributed by atoms with Crippen molar-refractivity contribution in [1.29, 1.82) is 5.41 Å². The predicted molar refractivity (Wildman–Crippen MR) is 77.7 cm³/mol. The molecule has 0 radical (unpaired) electrons. The van der Waals surface area contributed by atoms with Gasteiger partial charge in [0, 0.05) is 25.2 Å². The topological polar surface area (TPSA) is 86.2 Å². The van der Waals surface area contributed by atoms with Crippen molar-refractivity contribution in [3.05, 3.63) is 36.0 Å². The smallest absolute Gasteiger partial charge is 0.126 e. The van der Waals surface area contributed by atoms with Gasteiger partial charge in [-0.05, 0) is 13.0 Å². The van der Waals surface area contributed by atoms with Crippen LogP contribution in [0.3, 0.4) is 0 Å². The second-order valence-corrected chi connectivity index (χ2v) is 4.68. The first kappa shape index (κ1) is 13.3. The number of para-hydroxylation sites is 1. The number of nitrogens with one attached hydrogen (secondary N) is 1. The molecule has 0 aliphatic heterocycles. The van der Waals surface area contributed by atoms with Gasteiger partial charge < -0.3 is 15.7 Å². The molecule has 1 atom stereocenters. The third-order valence-corrected chi connectivity index (χ3v) is 2.96. The molecule has 0 bridgehead atoms. The zero-order valence-corrected chi connectivity index (χ0v) is 11.1. The number of rotatable bonds is 4. The van der Waals surface area contributed by atoms with Gasteiger partial charge >= 0.3 is 0 Å². The summed E-state index contributed by atoms with van der Waals surface area (Å²) in [5.41, 5.74) is 7.89. The Balaban J connectivity index is 2.65. The minimum absolute atomic E-state index is 0.0225. The standard InChI is InChI=1S/C14H18N4O/c1-9(19)8-18(2)13-10-5-3-4-6-12(10)17-7-11(13)14(15)16/h3-7,9,19H,8H2,1-2H3,(H3,15,16). The van der Waals surface area contributed by atoms with E-state index in [2.05, 4.69) is 4.98 Å². The maximum atomic E-state index is 9.54. The van der Waals surface area contributed by atoms with E-state index >= 15 is 0 Å². The van der Waals surface area contributed by atoms with Gasteiger partial charge in [-0.3, -0.25) is 10.4 Å². The lowest BCUT2D eigenvalue weighted by atomic mass is 10.1. The predicted octanol–water partition coefficient (Wildman–Crippen LogP) is 1.34. The quantitative estimate of drug-likeness (QED) is 0.570. The fraction of sp³-hybridized carbons (Fsp3) is 0.286. The van der Waals surface area contributed by atoms with Crippen molar-refractivity contribution in [3.63, 3.8) is 0 Å². The second kappa shape index (κ2) is 5.24. The van der Waals surface area contributed by atoms with Gasteiger partial charge in [-0.2, -0.15) is 0 Å². The summed E-state index contributed by atoms with van der Waals surface area (Å²) in [6.07, 6.45) is 1.15. The molecule has 1 aromatic carbocycles. The molecule has 2 aromatic rings. The maximum Gasteiger partial charge on any atom is 0.126 e. The van der Waals surface area contributed by atoms with Gasteiger partial charge in [0.25, 0.3) is 0 Å². The first-order valence-corrected chi connectivity index (χ1v) is 6.12. The molecule has 0 saturated heterocycles. The van der Waals surface area contributed by atoms with Gasteiger partial charge in [-0.1, -0.05) is 18.2 Å². The van der Waals surface area contributed by atoms with Crippen LogP contribution in [0.5, 0.6) is 0 Å². The number of aromatic nitrogens is 1. The van der Waals surface area contributed by atoms with E-state index in [9.17, 15) is 5.11 Å². The Hall–Kier alpha value is -2.14. The molecule has 5 heteroatoms. The number of aliphatic hydroxyl groups excluding tert-OH is 1. The minimum Gasteiger partial charge on any atom is -0.392 e. The number of nitrogens with zero attached hydrogens (tertiary/aromatic N) is 2. The Morgan fingerprint density at radius 2 is 2.16 bits per heavy atom. The number of benzene rings is 1. The van der Waals surface area contributed by atoms with Crippen LogP contribution < -0.4 is 10.6 Å². The molecule has 5 nitrogen and oxygen atoms in total. The maximum absolute atomic E-state index is 9.54. The number of pyridine rings is 1. The molecule has 0 aliphatic rings. The minimum atomic E-state index is -0.461. The molecule has 0 spiro atoms. The van der Waals surface area contributed by atoms with E-state index in [1.54, 1.807) is 13.1 Å². The molecule has 0 saturated carbocycles. The van der Waals surface area contributed by atoms with Crippen molar-refractivity contribution in [2.45, 2.75) is 13.0 Å². The van der Waals surface area contributed by atoms with Crippen LogP contribution in [-0.2, 0) is 0 Å². The van der Waals surface area contributed by atoms with Gasteiger partial charge in [-0.15, -0.1) is 0 Å². The zero-order valence-electron chi connectivity index (χ0n) is 11.1. The number of nitrogens with two attached hydrogens (primary N) is 1. The summed E-state index contributed by atoms with van der Waals surface area (Å²) in [7, 11) is 1.88. The van der Waals surface area contributed by atoms with Gasteiger partial charge in [0.05, 0.1) is 22.9 Å². The third kappa shape index (κ3) is 2.66. The summed E-state index contributed by atoms with van der Waals surface area (Å²) < 4.78 is 0. The third-order valence-electron chi connectivity index (χ3n) is 2.96. The zero-order chi connectivity index (χ0) is 14.0. The van der Waals surface area contributed by atoms with Crippen molar-refractivity contribution < 1.29 is 5.11 Å². The van der Waals surface area contributed by atoms with Gasteiger partial charge in [-0.25, -0.2) is 0 Å². The van der Waals surface area contributed by atoms with Crippen LogP contribution in [0.25, 0.3) is 10.9 Å². The van der Waals surface area contributed by atoms with Crippen LogP contribution in [0, 0.1) is 5.41 Å². The summed E-state index contributed by atoms with van der Waals surface area (Å²) in [6.45, 7) is 2.20. The molecule has 1 heterocycles. The molecule has 0 fully saturated rings. The SMILES string of the molecule is CC(O)CN(C)c1c(C(=N)N)cnc2ccccc12. The van der Waals surface area contributed by atoms with E-state index in [1.165, 1.54) is 0 Å². The molecule has 1 unspecified atom stereocenters.